The van der Waals surface area contributed by atoms with Crippen LogP contribution in [0.15, 0.2) is 28.9 Å². The zero-order valence-corrected chi connectivity index (χ0v) is 12.1. The Labute approximate surface area is 122 Å². The number of carboxylic acid groups (broad SMARTS) is 1. The van der Waals surface area contributed by atoms with Crippen LogP contribution in [0.3, 0.4) is 0 Å². The number of aromatic nitrogens is 2. The third-order valence-corrected chi connectivity index (χ3v) is 4.99. The fourth-order valence-electron chi connectivity index (χ4n) is 1.77. The number of thiazole rings is 1. The van der Waals surface area contributed by atoms with Crippen LogP contribution >= 0.6 is 22.7 Å². The lowest BCUT2D eigenvalue weighted by Crippen LogP contribution is -2.01. The van der Waals surface area contributed by atoms with Gasteiger partial charge < -0.3 is 9.63 Å². The highest BCUT2D eigenvalue weighted by molar-refractivity contribution is 7.23. The van der Waals surface area contributed by atoms with Crippen molar-refractivity contribution in [3.63, 3.8) is 0 Å². The van der Waals surface area contributed by atoms with Gasteiger partial charge in [-0.15, -0.1) is 22.7 Å². The first-order valence-electron chi connectivity index (χ1n) is 5.83. The van der Waals surface area contributed by atoms with Gasteiger partial charge in [-0.25, -0.2) is 4.98 Å². The Morgan fingerprint density at radius 3 is 2.80 bits per heavy atom. The number of aryl methyl sites for hydroxylation is 1. The molecule has 0 spiro atoms. The summed E-state index contributed by atoms with van der Waals surface area (Å²) in [6.45, 7) is 1.89. The van der Waals surface area contributed by atoms with Crippen LogP contribution < -0.4 is 0 Å². The van der Waals surface area contributed by atoms with E-state index in [-0.39, 0.29) is 6.42 Å². The van der Waals surface area contributed by atoms with E-state index in [2.05, 4.69) is 10.1 Å². The van der Waals surface area contributed by atoms with Crippen molar-refractivity contribution in [2.45, 2.75) is 13.3 Å². The van der Waals surface area contributed by atoms with E-state index >= 15 is 0 Å². The molecular formula is C13H10N2O3S2. The van der Waals surface area contributed by atoms with Crippen LogP contribution in [-0.2, 0) is 11.2 Å². The van der Waals surface area contributed by atoms with Crippen LogP contribution in [0, 0.1) is 6.92 Å². The lowest BCUT2D eigenvalue weighted by atomic mass is 10.3. The summed E-state index contributed by atoms with van der Waals surface area (Å²) in [5, 5.41) is 13.4. The maximum atomic E-state index is 10.8. The maximum Gasteiger partial charge on any atom is 0.309 e. The van der Waals surface area contributed by atoms with Gasteiger partial charge in [-0.2, -0.15) is 0 Å². The maximum absolute atomic E-state index is 10.8. The van der Waals surface area contributed by atoms with Crippen molar-refractivity contribution in [2.24, 2.45) is 0 Å². The quantitative estimate of drug-likeness (QED) is 0.798. The Balaban J connectivity index is 1.92. The minimum absolute atomic E-state index is 0.0390. The number of carboxylic acids is 1. The van der Waals surface area contributed by atoms with E-state index in [4.69, 9.17) is 9.63 Å². The molecule has 3 aromatic rings. The molecule has 0 unspecified atom stereocenters. The Morgan fingerprint density at radius 1 is 1.30 bits per heavy atom. The number of carbonyl (C=O) groups is 1. The lowest BCUT2D eigenvalue weighted by molar-refractivity contribution is -0.136. The van der Waals surface area contributed by atoms with Crippen molar-refractivity contribution in [3.8, 4) is 20.5 Å². The first kappa shape index (κ1) is 13.0. The van der Waals surface area contributed by atoms with Crippen LogP contribution in [0.4, 0.5) is 0 Å². The number of hydrogen-bond acceptors (Lipinski definition) is 6. The van der Waals surface area contributed by atoms with Gasteiger partial charge >= 0.3 is 5.97 Å². The summed E-state index contributed by atoms with van der Waals surface area (Å²) in [5.41, 5.74) is 0.632. The highest BCUT2D eigenvalue weighted by Gasteiger charge is 2.14. The molecule has 0 amide bonds. The van der Waals surface area contributed by atoms with Gasteiger partial charge in [0, 0.05) is 10.9 Å². The summed E-state index contributed by atoms with van der Waals surface area (Å²) >= 11 is 3.06. The molecule has 3 rings (SSSR count). The molecule has 0 aliphatic carbocycles. The summed E-state index contributed by atoms with van der Waals surface area (Å²) in [7, 11) is 0. The number of hydrogen-bond donors (Lipinski definition) is 1. The van der Waals surface area contributed by atoms with Crippen LogP contribution in [0.2, 0.25) is 0 Å². The molecule has 0 aliphatic rings. The Bertz CT molecular complexity index is 744. The molecule has 5 nitrogen and oxygen atoms in total. The third-order valence-electron chi connectivity index (χ3n) is 2.71. The normalized spacial score (nSPS) is 10.8. The molecule has 3 heterocycles. The van der Waals surface area contributed by atoms with E-state index in [0.29, 0.717) is 5.69 Å². The predicted octanol–water partition coefficient (Wildman–Crippen LogP) is 3.46. The second kappa shape index (κ2) is 5.18. The first-order chi connectivity index (χ1) is 9.63. The van der Waals surface area contributed by atoms with E-state index in [1.54, 1.807) is 23.6 Å². The summed E-state index contributed by atoms with van der Waals surface area (Å²) in [6, 6.07) is 5.72. The molecule has 0 saturated carbocycles. The molecule has 7 heteroatoms. The fourth-order valence-corrected chi connectivity index (χ4v) is 3.72. The van der Waals surface area contributed by atoms with E-state index in [1.165, 1.54) is 11.3 Å². The van der Waals surface area contributed by atoms with Crippen LogP contribution in [0.5, 0.6) is 0 Å². The zero-order chi connectivity index (χ0) is 14.1. The molecule has 3 aromatic heterocycles. The molecule has 0 aromatic carbocycles. The van der Waals surface area contributed by atoms with Crippen molar-refractivity contribution in [2.75, 3.05) is 0 Å². The number of thiophene rings is 1. The second-order valence-electron chi connectivity index (χ2n) is 4.13. The summed E-state index contributed by atoms with van der Waals surface area (Å²) in [6.07, 6.45) is 1.57. The van der Waals surface area contributed by atoms with Crippen LogP contribution in [-0.4, -0.2) is 21.2 Å². The topological polar surface area (TPSA) is 76.2 Å². The van der Waals surface area contributed by atoms with Gasteiger partial charge in [-0.05, 0) is 19.1 Å². The summed E-state index contributed by atoms with van der Waals surface area (Å²) < 4.78 is 5.12. The first-order valence-corrected chi connectivity index (χ1v) is 7.46. The molecule has 0 fully saturated rings. The van der Waals surface area contributed by atoms with Gasteiger partial charge in [0.2, 0.25) is 0 Å². The number of nitrogens with zero attached hydrogens (tertiary/aromatic N) is 2. The number of rotatable bonds is 4. The standard InChI is InChI=1S/C13H10N2O3S2/c1-7-8(6-12(16)17)15-13(19-7)11-3-2-10(20-11)9-4-5-14-18-9/h2-5H,6H2,1H3,(H,16,17). The molecule has 0 saturated heterocycles. The largest absolute Gasteiger partial charge is 0.481 e. The zero-order valence-electron chi connectivity index (χ0n) is 10.5. The Hall–Kier alpha value is -1.99. The van der Waals surface area contributed by atoms with Gasteiger partial charge in [0.15, 0.2) is 5.76 Å². The van der Waals surface area contributed by atoms with Crippen LogP contribution in [0.25, 0.3) is 20.5 Å². The summed E-state index contributed by atoms with van der Waals surface area (Å²) in [4.78, 5) is 18.1. The highest BCUT2D eigenvalue weighted by Crippen LogP contribution is 2.37. The highest BCUT2D eigenvalue weighted by atomic mass is 32.1. The average Bonchev–Trinajstić information content (AvgIpc) is 3.09. The molecule has 102 valence electrons. The van der Waals surface area contributed by atoms with E-state index in [9.17, 15) is 4.79 Å². The molecule has 0 radical (unpaired) electrons. The van der Waals surface area contributed by atoms with Gasteiger partial charge in [-0.3, -0.25) is 4.79 Å². The van der Waals surface area contributed by atoms with Crippen LogP contribution in [0.1, 0.15) is 10.6 Å². The van der Waals surface area contributed by atoms with Gasteiger partial charge in [-0.1, -0.05) is 5.16 Å². The Kier molecular flexibility index (Phi) is 3.37. The minimum atomic E-state index is -0.863. The Morgan fingerprint density at radius 2 is 2.10 bits per heavy atom. The van der Waals surface area contributed by atoms with Crippen molar-refractivity contribution in [3.05, 3.63) is 35.0 Å². The number of aliphatic carboxylic acids is 1. The van der Waals surface area contributed by atoms with Crippen molar-refractivity contribution in [1.82, 2.24) is 10.1 Å². The monoisotopic (exact) mass is 306 g/mol. The van der Waals surface area contributed by atoms with Gasteiger partial charge in [0.05, 0.1) is 28.1 Å². The fraction of sp³-hybridized carbons (Fsp3) is 0.154. The average molecular weight is 306 g/mol. The van der Waals surface area contributed by atoms with E-state index in [1.807, 2.05) is 19.1 Å². The smallest absolute Gasteiger partial charge is 0.309 e. The molecule has 1 N–H and O–H groups in total. The van der Waals surface area contributed by atoms with Gasteiger partial charge in [0.1, 0.15) is 5.01 Å². The van der Waals surface area contributed by atoms with Crippen molar-refractivity contribution < 1.29 is 14.4 Å². The van der Waals surface area contributed by atoms with Crippen molar-refractivity contribution in [1.29, 1.82) is 0 Å². The second-order valence-corrected chi connectivity index (χ2v) is 6.42. The third kappa shape index (κ3) is 2.50. The van der Waals surface area contributed by atoms with E-state index in [0.717, 1.165) is 25.4 Å². The molecule has 0 bridgehead atoms. The lowest BCUT2D eigenvalue weighted by Gasteiger charge is -1.90. The molecule has 20 heavy (non-hydrogen) atoms. The van der Waals surface area contributed by atoms with Gasteiger partial charge in [0.25, 0.3) is 0 Å². The predicted molar refractivity (Wildman–Crippen MR) is 77.0 cm³/mol. The molecule has 0 atom stereocenters. The minimum Gasteiger partial charge on any atom is -0.481 e. The SMILES string of the molecule is Cc1sc(-c2ccc(-c3ccno3)s2)nc1CC(=O)O. The van der Waals surface area contributed by atoms with Crippen molar-refractivity contribution >= 4 is 28.6 Å². The van der Waals surface area contributed by atoms with E-state index < -0.39 is 5.97 Å². The molecular weight excluding hydrogens is 296 g/mol. The molecule has 0 aliphatic heterocycles. The summed E-state index contributed by atoms with van der Waals surface area (Å²) in [5.74, 6) is -0.140.